The minimum absolute atomic E-state index is 0.179. The van der Waals surface area contributed by atoms with Crippen molar-refractivity contribution >= 4 is 11.8 Å². The number of aromatic nitrogens is 3. The minimum atomic E-state index is 0.179. The van der Waals surface area contributed by atoms with E-state index < -0.39 is 0 Å². The van der Waals surface area contributed by atoms with Gasteiger partial charge in [0, 0.05) is 17.9 Å². The first kappa shape index (κ1) is 19.4. The Morgan fingerprint density at radius 2 is 1.67 bits per heavy atom. The zero-order valence-corrected chi connectivity index (χ0v) is 17.4. The summed E-state index contributed by atoms with van der Waals surface area (Å²) in [7, 11) is 0. The Morgan fingerprint density at radius 1 is 1.00 bits per heavy atom. The van der Waals surface area contributed by atoms with Crippen molar-refractivity contribution in [3.05, 3.63) is 77.9 Å². The molecule has 27 heavy (non-hydrogen) atoms. The molecular weight excluding hydrogens is 350 g/mol. The van der Waals surface area contributed by atoms with Crippen LogP contribution in [0, 0.1) is 6.92 Å². The van der Waals surface area contributed by atoms with Crippen LogP contribution in [0.5, 0.6) is 0 Å². The van der Waals surface area contributed by atoms with E-state index in [9.17, 15) is 0 Å². The van der Waals surface area contributed by atoms with Crippen LogP contribution >= 0.6 is 11.8 Å². The molecule has 0 aliphatic rings. The van der Waals surface area contributed by atoms with E-state index in [2.05, 4.69) is 97.6 Å². The lowest BCUT2D eigenvalue weighted by molar-refractivity contribution is 0.590. The smallest absolute Gasteiger partial charge is 0.192 e. The summed E-state index contributed by atoms with van der Waals surface area (Å²) in [5, 5.41) is 9.79. The quantitative estimate of drug-likeness (QED) is 0.388. The van der Waals surface area contributed by atoms with Gasteiger partial charge in [-0.15, -0.1) is 16.8 Å². The average molecular weight is 378 g/mol. The van der Waals surface area contributed by atoms with Gasteiger partial charge in [0.2, 0.25) is 0 Å². The number of nitrogens with zero attached hydrogens (tertiary/aromatic N) is 3. The predicted molar refractivity (Wildman–Crippen MR) is 115 cm³/mol. The molecule has 0 aliphatic carbocycles. The average Bonchev–Trinajstić information content (AvgIpc) is 3.03. The van der Waals surface area contributed by atoms with Gasteiger partial charge in [-0.25, -0.2) is 0 Å². The first-order valence-electron chi connectivity index (χ1n) is 9.22. The Balaban J connectivity index is 1.79. The summed E-state index contributed by atoms with van der Waals surface area (Å²) >= 11 is 1.71. The van der Waals surface area contributed by atoms with Crippen LogP contribution in [0.4, 0.5) is 0 Å². The highest BCUT2D eigenvalue weighted by atomic mass is 32.2. The highest BCUT2D eigenvalue weighted by Gasteiger charge is 2.15. The van der Waals surface area contributed by atoms with Crippen molar-refractivity contribution in [1.82, 2.24) is 14.8 Å². The standard InChI is InChI=1S/C23H27N3S/c1-6-15-26-21(19-11-7-17(2)8-12-19)24-25-22(26)27-16-18-9-13-20(14-10-18)23(3,4)5/h6-14H,1,15-16H2,2-5H3. The van der Waals surface area contributed by atoms with Gasteiger partial charge in [-0.05, 0) is 23.5 Å². The van der Waals surface area contributed by atoms with Gasteiger partial charge < -0.3 is 0 Å². The van der Waals surface area contributed by atoms with Crippen LogP contribution in [0.2, 0.25) is 0 Å². The van der Waals surface area contributed by atoms with Crippen LogP contribution in [0.3, 0.4) is 0 Å². The molecule has 0 bridgehead atoms. The third-order valence-electron chi connectivity index (χ3n) is 4.53. The number of allylic oxidation sites excluding steroid dienone is 1. The second-order valence-corrected chi connectivity index (χ2v) is 8.75. The van der Waals surface area contributed by atoms with E-state index in [1.54, 1.807) is 11.8 Å². The molecule has 1 aromatic heterocycles. The molecule has 3 nitrogen and oxygen atoms in total. The van der Waals surface area contributed by atoms with E-state index in [4.69, 9.17) is 0 Å². The fraction of sp³-hybridized carbons (Fsp3) is 0.304. The summed E-state index contributed by atoms with van der Waals surface area (Å²) in [4.78, 5) is 0. The van der Waals surface area contributed by atoms with Gasteiger partial charge in [0.15, 0.2) is 11.0 Å². The second kappa shape index (κ2) is 8.13. The molecule has 0 fully saturated rings. The maximum atomic E-state index is 4.44. The first-order chi connectivity index (χ1) is 12.9. The molecule has 0 saturated carbocycles. The Hall–Kier alpha value is -2.33. The molecule has 0 spiro atoms. The largest absolute Gasteiger partial charge is 0.298 e. The minimum Gasteiger partial charge on any atom is -0.298 e. The van der Waals surface area contributed by atoms with E-state index in [-0.39, 0.29) is 5.41 Å². The molecule has 0 N–H and O–H groups in total. The first-order valence-corrected chi connectivity index (χ1v) is 10.2. The highest BCUT2D eigenvalue weighted by molar-refractivity contribution is 7.98. The molecule has 140 valence electrons. The van der Waals surface area contributed by atoms with Crippen LogP contribution in [0.25, 0.3) is 11.4 Å². The van der Waals surface area contributed by atoms with Gasteiger partial charge >= 0.3 is 0 Å². The van der Waals surface area contributed by atoms with Crippen molar-refractivity contribution < 1.29 is 0 Å². The molecule has 4 heteroatoms. The molecule has 0 atom stereocenters. The SMILES string of the molecule is C=CCn1c(SCc2ccc(C(C)(C)C)cc2)nnc1-c1ccc(C)cc1. The van der Waals surface area contributed by atoms with E-state index in [1.807, 2.05) is 6.08 Å². The Kier molecular flexibility index (Phi) is 5.85. The van der Waals surface area contributed by atoms with Gasteiger partial charge in [-0.3, -0.25) is 4.57 Å². The number of benzene rings is 2. The normalized spacial score (nSPS) is 11.6. The lowest BCUT2D eigenvalue weighted by Crippen LogP contribution is -2.10. The molecule has 0 aliphatic heterocycles. The van der Waals surface area contributed by atoms with Crippen molar-refractivity contribution in [1.29, 1.82) is 0 Å². The number of aryl methyl sites for hydroxylation is 1. The third kappa shape index (κ3) is 4.69. The van der Waals surface area contributed by atoms with Crippen LogP contribution in [0.1, 0.15) is 37.5 Å². The lowest BCUT2D eigenvalue weighted by Gasteiger charge is -2.19. The fourth-order valence-corrected chi connectivity index (χ4v) is 3.76. The molecule has 3 rings (SSSR count). The van der Waals surface area contributed by atoms with Gasteiger partial charge in [-0.2, -0.15) is 0 Å². The second-order valence-electron chi connectivity index (χ2n) is 7.81. The molecule has 0 amide bonds. The molecule has 3 aromatic rings. The van der Waals surface area contributed by atoms with Crippen LogP contribution in [0.15, 0.2) is 66.3 Å². The lowest BCUT2D eigenvalue weighted by atomic mass is 9.87. The van der Waals surface area contributed by atoms with Crippen molar-refractivity contribution in [3.63, 3.8) is 0 Å². The maximum absolute atomic E-state index is 4.44. The predicted octanol–water partition coefficient (Wildman–Crippen LogP) is 6.03. The summed E-state index contributed by atoms with van der Waals surface area (Å²) < 4.78 is 2.13. The summed E-state index contributed by atoms with van der Waals surface area (Å²) in [6.45, 7) is 13.4. The summed E-state index contributed by atoms with van der Waals surface area (Å²) in [6, 6.07) is 17.3. The topological polar surface area (TPSA) is 30.7 Å². The molecule has 0 unspecified atom stereocenters. The third-order valence-corrected chi connectivity index (χ3v) is 5.56. The number of hydrogen-bond acceptors (Lipinski definition) is 3. The summed E-state index contributed by atoms with van der Waals surface area (Å²) in [5.41, 5.74) is 5.14. The molecule has 2 aromatic carbocycles. The summed E-state index contributed by atoms with van der Waals surface area (Å²) in [6.07, 6.45) is 1.89. The highest BCUT2D eigenvalue weighted by Crippen LogP contribution is 2.28. The maximum Gasteiger partial charge on any atom is 0.192 e. The van der Waals surface area contributed by atoms with E-state index in [0.717, 1.165) is 22.3 Å². The van der Waals surface area contributed by atoms with E-state index in [1.165, 1.54) is 16.7 Å². The zero-order valence-electron chi connectivity index (χ0n) is 16.6. The monoisotopic (exact) mass is 377 g/mol. The zero-order chi connectivity index (χ0) is 19.4. The van der Waals surface area contributed by atoms with Crippen LogP contribution in [-0.2, 0) is 17.7 Å². The molecule has 0 radical (unpaired) electrons. The summed E-state index contributed by atoms with van der Waals surface area (Å²) in [5.74, 6) is 1.76. The number of rotatable bonds is 6. The van der Waals surface area contributed by atoms with Gasteiger partial charge in [0.1, 0.15) is 0 Å². The van der Waals surface area contributed by atoms with Crippen LogP contribution < -0.4 is 0 Å². The number of thioether (sulfide) groups is 1. The molecule has 1 heterocycles. The van der Waals surface area contributed by atoms with Crippen molar-refractivity contribution in [2.24, 2.45) is 0 Å². The van der Waals surface area contributed by atoms with Crippen molar-refractivity contribution in [2.45, 2.75) is 50.6 Å². The van der Waals surface area contributed by atoms with Crippen LogP contribution in [-0.4, -0.2) is 14.8 Å². The molecular formula is C23H27N3S. The Morgan fingerprint density at radius 3 is 2.26 bits per heavy atom. The van der Waals surface area contributed by atoms with E-state index in [0.29, 0.717) is 6.54 Å². The van der Waals surface area contributed by atoms with E-state index >= 15 is 0 Å². The Bertz CT molecular complexity index is 900. The van der Waals surface area contributed by atoms with Gasteiger partial charge in [-0.1, -0.05) is 92.7 Å². The van der Waals surface area contributed by atoms with Crippen molar-refractivity contribution in [3.8, 4) is 11.4 Å². The van der Waals surface area contributed by atoms with Gasteiger partial charge in [0.25, 0.3) is 0 Å². The number of hydrogen-bond donors (Lipinski definition) is 0. The Labute approximate surface area is 166 Å². The fourth-order valence-electron chi connectivity index (χ4n) is 2.85. The van der Waals surface area contributed by atoms with Gasteiger partial charge in [0.05, 0.1) is 0 Å². The molecule has 0 saturated heterocycles. The van der Waals surface area contributed by atoms with Crippen molar-refractivity contribution in [2.75, 3.05) is 0 Å².